The summed E-state index contributed by atoms with van der Waals surface area (Å²) in [6, 6.07) is 12.9. The molecular weight excluding hydrogens is 284 g/mol. The molecule has 0 spiro atoms. The van der Waals surface area contributed by atoms with Crippen LogP contribution in [0.2, 0.25) is 0 Å². The second kappa shape index (κ2) is 8.11. The third kappa shape index (κ3) is 5.31. The first-order chi connectivity index (χ1) is 10.3. The molecule has 0 bridgehead atoms. The SMILES string of the molecule is O=C(/C=C/c1cccnc1)NCC[S@@](=O)c1ccccc1. The fourth-order valence-electron chi connectivity index (χ4n) is 1.66. The van der Waals surface area contributed by atoms with Crippen LogP contribution in [-0.2, 0) is 15.6 Å². The van der Waals surface area contributed by atoms with Gasteiger partial charge in [-0.1, -0.05) is 24.3 Å². The van der Waals surface area contributed by atoms with Crippen LogP contribution in [0.3, 0.4) is 0 Å². The summed E-state index contributed by atoms with van der Waals surface area (Å²) in [5.41, 5.74) is 0.862. The molecule has 1 amide bonds. The van der Waals surface area contributed by atoms with Crippen molar-refractivity contribution in [2.45, 2.75) is 4.90 Å². The summed E-state index contributed by atoms with van der Waals surface area (Å²) in [5.74, 6) is 0.195. The number of amides is 1. The Balaban J connectivity index is 1.75. The van der Waals surface area contributed by atoms with Crippen LogP contribution in [0.5, 0.6) is 0 Å². The van der Waals surface area contributed by atoms with Crippen molar-refractivity contribution in [3.63, 3.8) is 0 Å². The summed E-state index contributed by atoms with van der Waals surface area (Å²) < 4.78 is 11.9. The lowest BCUT2D eigenvalue weighted by Gasteiger charge is -2.03. The van der Waals surface area contributed by atoms with Gasteiger partial charge in [0.15, 0.2) is 0 Å². The van der Waals surface area contributed by atoms with Crippen LogP contribution in [-0.4, -0.2) is 27.4 Å². The highest BCUT2D eigenvalue weighted by atomic mass is 32.2. The summed E-state index contributed by atoms with van der Waals surface area (Å²) in [6.07, 6.45) is 6.49. The number of nitrogens with zero attached hydrogens (tertiary/aromatic N) is 1. The smallest absolute Gasteiger partial charge is 0.244 e. The third-order valence-corrected chi connectivity index (χ3v) is 4.08. The van der Waals surface area contributed by atoms with E-state index in [2.05, 4.69) is 10.3 Å². The maximum absolute atomic E-state index is 11.9. The van der Waals surface area contributed by atoms with Crippen LogP contribution in [0.15, 0.2) is 65.8 Å². The minimum Gasteiger partial charge on any atom is -0.352 e. The van der Waals surface area contributed by atoms with E-state index in [4.69, 9.17) is 0 Å². The van der Waals surface area contributed by atoms with Crippen LogP contribution in [0, 0.1) is 0 Å². The zero-order valence-electron chi connectivity index (χ0n) is 11.4. The number of carbonyl (C=O) groups excluding carboxylic acids is 1. The van der Waals surface area contributed by atoms with Crippen molar-refractivity contribution < 1.29 is 9.00 Å². The number of hydrogen-bond acceptors (Lipinski definition) is 3. The molecule has 1 aromatic heterocycles. The highest BCUT2D eigenvalue weighted by Crippen LogP contribution is 2.04. The van der Waals surface area contributed by atoms with Crippen molar-refractivity contribution in [3.05, 3.63) is 66.5 Å². The van der Waals surface area contributed by atoms with E-state index in [1.54, 1.807) is 24.5 Å². The lowest BCUT2D eigenvalue weighted by Crippen LogP contribution is -2.25. The molecule has 0 aliphatic carbocycles. The van der Waals surface area contributed by atoms with E-state index in [0.29, 0.717) is 12.3 Å². The molecule has 21 heavy (non-hydrogen) atoms. The number of rotatable bonds is 6. The Morgan fingerprint density at radius 3 is 2.71 bits per heavy atom. The first-order valence-electron chi connectivity index (χ1n) is 6.55. The molecule has 2 aromatic rings. The van der Waals surface area contributed by atoms with Gasteiger partial charge in [0.05, 0.1) is 10.8 Å². The second-order valence-corrected chi connectivity index (χ2v) is 5.84. The van der Waals surface area contributed by atoms with Gasteiger partial charge in [-0.3, -0.25) is 14.0 Å². The first kappa shape index (κ1) is 15.1. The summed E-state index contributed by atoms with van der Waals surface area (Å²) in [4.78, 5) is 16.4. The maximum atomic E-state index is 11.9. The standard InChI is InChI=1S/C16H16N2O2S/c19-16(9-8-14-5-4-10-17-13-14)18-11-12-21(20)15-6-2-1-3-7-15/h1-10,13H,11-12H2,(H,18,19)/b9-8+/t21-/m1/s1. The lowest BCUT2D eigenvalue weighted by molar-refractivity contribution is -0.116. The van der Waals surface area contributed by atoms with Gasteiger partial charge in [0.2, 0.25) is 5.91 Å². The van der Waals surface area contributed by atoms with Crippen LogP contribution in [0.1, 0.15) is 5.56 Å². The average Bonchev–Trinajstić information content (AvgIpc) is 2.54. The monoisotopic (exact) mass is 300 g/mol. The molecule has 0 radical (unpaired) electrons. The van der Waals surface area contributed by atoms with Gasteiger partial charge in [0.1, 0.15) is 0 Å². The predicted molar refractivity (Wildman–Crippen MR) is 84.0 cm³/mol. The van der Waals surface area contributed by atoms with Crippen molar-refractivity contribution in [2.24, 2.45) is 0 Å². The summed E-state index contributed by atoms with van der Waals surface area (Å²) >= 11 is 0. The lowest BCUT2D eigenvalue weighted by atomic mass is 10.2. The Morgan fingerprint density at radius 1 is 1.19 bits per heavy atom. The molecule has 1 atom stereocenters. The molecule has 5 heteroatoms. The van der Waals surface area contributed by atoms with Gasteiger partial charge in [0.25, 0.3) is 0 Å². The molecule has 1 N–H and O–H groups in total. The maximum Gasteiger partial charge on any atom is 0.244 e. The Bertz CT molecular complexity index is 627. The van der Waals surface area contributed by atoms with Crippen molar-refractivity contribution in [2.75, 3.05) is 12.3 Å². The molecule has 0 aliphatic rings. The van der Waals surface area contributed by atoms with Crippen LogP contribution in [0.25, 0.3) is 6.08 Å². The van der Waals surface area contributed by atoms with Gasteiger partial charge >= 0.3 is 0 Å². The molecule has 0 aliphatic heterocycles. The summed E-state index contributed by atoms with van der Waals surface area (Å²) in [5, 5.41) is 2.71. The number of nitrogens with one attached hydrogen (secondary N) is 1. The first-order valence-corrected chi connectivity index (χ1v) is 7.87. The van der Waals surface area contributed by atoms with E-state index in [-0.39, 0.29) is 5.91 Å². The van der Waals surface area contributed by atoms with Crippen LogP contribution < -0.4 is 5.32 Å². The minimum absolute atomic E-state index is 0.205. The van der Waals surface area contributed by atoms with E-state index < -0.39 is 10.8 Å². The van der Waals surface area contributed by atoms with Crippen molar-refractivity contribution in [1.82, 2.24) is 10.3 Å². The average molecular weight is 300 g/mol. The molecule has 1 aromatic carbocycles. The van der Waals surface area contributed by atoms with E-state index in [1.165, 1.54) is 6.08 Å². The number of pyridine rings is 1. The third-order valence-electron chi connectivity index (χ3n) is 2.70. The highest BCUT2D eigenvalue weighted by molar-refractivity contribution is 7.85. The van der Waals surface area contributed by atoms with Gasteiger partial charge in [-0.05, 0) is 29.8 Å². The van der Waals surface area contributed by atoms with Gasteiger partial charge < -0.3 is 5.32 Å². The molecular formula is C16H16N2O2S. The van der Waals surface area contributed by atoms with E-state index in [1.807, 2.05) is 36.4 Å². The number of carbonyl (C=O) groups is 1. The molecule has 2 rings (SSSR count). The largest absolute Gasteiger partial charge is 0.352 e. The predicted octanol–water partition coefficient (Wildman–Crippen LogP) is 2.02. The fraction of sp³-hybridized carbons (Fsp3) is 0.125. The number of aromatic nitrogens is 1. The molecule has 0 saturated carbocycles. The highest BCUT2D eigenvalue weighted by Gasteiger charge is 2.03. The van der Waals surface area contributed by atoms with Crippen LogP contribution >= 0.6 is 0 Å². The van der Waals surface area contributed by atoms with E-state index in [9.17, 15) is 9.00 Å². The Morgan fingerprint density at radius 2 is 2.00 bits per heavy atom. The second-order valence-electron chi connectivity index (χ2n) is 4.27. The molecule has 108 valence electrons. The van der Waals surface area contributed by atoms with E-state index >= 15 is 0 Å². The molecule has 0 fully saturated rings. The Labute approximate surface area is 126 Å². The topological polar surface area (TPSA) is 59.1 Å². The number of hydrogen-bond donors (Lipinski definition) is 1. The Hall–Kier alpha value is -2.27. The van der Waals surface area contributed by atoms with Crippen LogP contribution in [0.4, 0.5) is 0 Å². The summed E-state index contributed by atoms with van der Waals surface area (Å²) in [7, 11) is -1.09. The Kier molecular flexibility index (Phi) is 5.84. The molecule has 0 unspecified atom stereocenters. The fourth-order valence-corrected chi connectivity index (χ4v) is 2.65. The zero-order chi connectivity index (χ0) is 14.9. The van der Waals surface area contributed by atoms with Crippen molar-refractivity contribution in [3.8, 4) is 0 Å². The zero-order valence-corrected chi connectivity index (χ0v) is 12.3. The minimum atomic E-state index is -1.09. The van der Waals surface area contributed by atoms with Gasteiger partial charge in [-0.15, -0.1) is 0 Å². The van der Waals surface area contributed by atoms with Crippen molar-refractivity contribution >= 4 is 22.8 Å². The quantitative estimate of drug-likeness (QED) is 0.830. The molecule has 4 nitrogen and oxygen atoms in total. The van der Waals surface area contributed by atoms with Gasteiger partial charge in [-0.25, -0.2) is 0 Å². The van der Waals surface area contributed by atoms with Gasteiger partial charge in [0, 0.05) is 35.7 Å². The van der Waals surface area contributed by atoms with E-state index in [0.717, 1.165) is 10.5 Å². The molecule has 1 heterocycles. The van der Waals surface area contributed by atoms with Crippen molar-refractivity contribution in [1.29, 1.82) is 0 Å². The van der Waals surface area contributed by atoms with Gasteiger partial charge in [-0.2, -0.15) is 0 Å². The normalized spacial score (nSPS) is 12.2. The number of benzene rings is 1. The molecule has 0 saturated heterocycles. The summed E-state index contributed by atoms with van der Waals surface area (Å²) in [6.45, 7) is 0.373.